The maximum atomic E-state index is 13.6. The van der Waals surface area contributed by atoms with E-state index in [4.69, 9.17) is 11.6 Å². The number of thioether (sulfide) groups is 1. The molecule has 0 spiro atoms. The number of aryl methyl sites for hydroxylation is 1. The van der Waals surface area contributed by atoms with Gasteiger partial charge in [-0.25, -0.2) is 0 Å². The van der Waals surface area contributed by atoms with Gasteiger partial charge in [-0.15, -0.1) is 11.8 Å². The van der Waals surface area contributed by atoms with Crippen LogP contribution in [0.2, 0.25) is 5.02 Å². The largest absolute Gasteiger partial charge is 0.507 e. The number of nitrogens with zero attached hydrogens (tertiary/aromatic N) is 1. The van der Waals surface area contributed by atoms with Crippen LogP contribution in [-0.4, -0.2) is 23.0 Å². The Hall–Kier alpha value is -3.28. The van der Waals surface area contributed by atoms with Gasteiger partial charge in [0.2, 0.25) is 0 Å². The molecular formula is C30H27ClN2O2S. The van der Waals surface area contributed by atoms with Crippen molar-refractivity contribution in [1.82, 2.24) is 0 Å². The predicted octanol–water partition coefficient (Wildman–Crippen LogP) is 7.93. The third-order valence-electron chi connectivity index (χ3n) is 6.84. The number of hydrogen-bond donors (Lipinski definition) is 2. The van der Waals surface area contributed by atoms with E-state index in [-0.39, 0.29) is 17.4 Å². The number of carbonyl (C=O) groups is 1. The number of Topliss-reactive ketones (excluding diaryl/α,β-unsaturated/α-hetero) is 1. The molecule has 1 aliphatic heterocycles. The fourth-order valence-electron chi connectivity index (χ4n) is 5.14. The number of rotatable bonds is 4. The Morgan fingerprint density at radius 3 is 2.44 bits per heavy atom. The van der Waals surface area contributed by atoms with Crippen LogP contribution in [0, 0.1) is 12.3 Å². The Bertz CT molecular complexity index is 1410. The summed E-state index contributed by atoms with van der Waals surface area (Å²) in [7, 11) is 0. The van der Waals surface area contributed by atoms with E-state index in [1.165, 1.54) is 0 Å². The Morgan fingerprint density at radius 1 is 1.06 bits per heavy atom. The lowest BCUT2D eigenvalue weighted by Crippen LogP contribution is -2.42. The zero-order valence-electron chi connectivity index (χ0n) is 20.2. The van der Waals surface area contributed by atoms with Crippen molar-refractivity contribution < 1.29 is 9.90 Å². The first-order chi connectivity index (χ1) is 17.4. The first-order valence-electron chi connectivity index (χ1n) is 11.9. The zero-order chi connectivity index (χ0) is 25.4. The van der Waals surface area contributed by atoms with Crippen LogP contribution in [0.1, 0.15) is 41.9 Å². The van der Waals surface area contributed by atoms with Gasteiger partial charge in [0.25, 0.3) is 0 Å². The zero-order valence-corrected chi connectivity index (χ0v) is 21.8. The minimum Gasteiger partial charge on any atom is -0.507 e. The predicted molar refractivity (Wildman–Crippen MR) is 149 cm³/mol. The third kappa shape index (κ3) is 4.38. The molecule has 0 amide bonds. The van der Waals surface area contributed by atoms with Crippen LogP contribution in [0.25, 0.3) is 5.76 Å². The maximum absolute atomic E-state index is 13.6. The highest BCUT2D eigenvalue weighted by Gasteiger charge is 2.43. The molecule has 2 N–H and O–H groups in total. The number of allylic oxidation sites excluding steroid dienone is 2. The number of carbonyl (C=O) groups excluding carboxylic acids is 1. The van der Waals surface area contributed by atoms with Gasteiger partial charge in [0, 0.05) is 50.4 Å². The second-order valence-corrected chi connectivity index (χ2v) is 10.5. The second-order valence-electron chi connectivity index (χ2n) is 9.14. The Morgan fingerprint density at radius 2 is 1.78 bits per heavy atom. The number of aliphatic hydroxyl groups is 1. The maximum Gasteiger partial charge on any atom is 0.161 e. The van der Waals surface area contributed by atoms with E-state index in [0.717, 1.165) is 33.8 Å². The molecule has 1 unspecified atom stereocenters. The molecule has 0 fully saturated rings. The number of anilines is 1. The van der Waals surface area contributed by atoms with Gasteiger partial charge in [0.1, 0.15) is 11.6 Å². The fraction of sp³-hybridized carbons (Fsp3) is 0.200. The number of ketones is 1. The molecule has 3 aromatic carbocycles. The van der Waals surface area contributed by atoms with Gasteiger partial charge in [0.15, 0.2) is 5.78 Å². The van der Waals surface area contributed by atoms with Gasteiger partial charge >= 0.3 is 0 Å². The monoisotopic (exact) mass is 514 g/mol. The molecule has 0 aromatic heterocycles. The summed E-state index contributed by atoms with van der Waals surface area (Å²) in [5.41, 5.74) is 5.28. The normalized spacial score (nSPS) is 19.4. The molecule has 4 nitrogen and oxygen atoms in total. The summed E-state index contributed by atoms with van der Waals surface area (Å²) in [6, 6.07) is 22.9. The molecule has 0 saturated carbocycles. The van der Waals surface area contributed by atoms with E-state index < -0.39 is 5.92 Å². The van der Waals surface area contributed by atoms with Crippen LogP contribution in [-0.2, 0) is 4.79 Å². The first-order valence-corrected chi connectivity index (χ1v) is 13.5. The van der Waals surface area contributed by atoms with Gasteiger partial charge in [-0.1, -0.05) is 35.9 Å². The van der Waals surface area contributed by atoms with Crippen molar-refractivity contribution >= 4 is 46.4 Å². The quantitative estimate of drug-likeness (QED) is 0.274. The molecule has 3 aromatic rings. The number of benzene rings is 3. The van der Waals surface area contributed by atoms with Crippen LogP contribution in [0.5, 0.6) is 0 Å². The summed E-state index contributed by atoms with van der Waals surface area (Å²) < 4.78 is 0. The molecule has 36 heavy (non-hydrogen) atoms. The molecule has 2 aliphatic rings. The molecule has 5 rings (SSSR count). The SMILES string of the molecule is CSc1ccc(C2C3=C(CCCC3=O)N(c3cccc(C)c3)C(=N)/C2=C(/O)c2ccc(Cl)cc2)cc1. The molecule has 1 heterocycles. The van der Waals surface area contributed by atoms with Crippen molar-refractivity contribution in [3.8, 4) is 0 Å². The van der Waals surface area contributed by atoms with Gasteiger partial charge in [0.05, 0.1) is 0 Å². The van der Waals surface area contributed by atoms with E-state index in [0.29, 0.717) is 34.6 Å². The Kier molecular flexibility index (Phi) is 6.78. The molecular weight excluding hydrogens is 488 g/mol. The van der Waals surface area contributed by atoms with Crippen LogP contribution in [0.3, 0.4) is 0 Å². The molecule has 6 heteroatoms. The third-order valence-corrected chi connectivity index (χ3v) is 7.83. The smallest absolute Gasteiger partial charge is 0.161 e. The summed E-state index contributed by atoms with van der Waals surface area (Å²) in [5, 5.41) is 21.6. The highest BCUT2D eigenvalue weighted by atomic mass is 35.5. The van der Waals surface area contributed by atoms with Gasteiger partial charge in [-0.05, 0) is 85.7 Å². The van der Waals surface area contributed by atoms with Crippen molar-refractivity contribution in [2.24, 2.45) is 0 Å². The molecule has 0 bridgehead atoms. The van der Waals surface area contributed by atoms with Crippen LogP contribution < -0.4 is 4.90 Å². The highest BCUT2D eigenvalue weighted by Crippen LogP contribution is 2.48. The summed E-state index contributed by atoms with van der Waals surface area (Å²) in [5.74, 6) is -0.298. The molecule has 1 atom stereocenters. The van der Waals surface area contributed by atoms with E-state index >= 15 is 0 Å². The summed E-state index contributed by atoms with van der Waals surface area (Å²) in [4.78, 5) is 16.5. The first kappa shape index (κ1) is 24.4. The van der Waals surface area contributed by atoms with Crippen molar-refractivity contribution in [2.75, 3.05) is 11.2 Å². The van der Waals surface area contributed by atoms with Crippen LogP contribution in [0.15, 0.2) is 94.5 Å². The average molecular weight is 515 g/mol. The molecule has 0 saturated heterocycles. The second kappa shape index (κ2) is 10.00. The van der Waals surface area contributed by atoms with Crippen molar-refractivity contribution in [3.63, 3.8) is 0 Å². The van der Waals surface area contributed by atoms with E-state index in [1.54, 1.807) is 36.0 Å². The van der Waals surface area contributed by atoms with Crippen molar-refractivity contribution in [1.29, 1.82) is 5.41 Å². The van der Waals surface area contributed by atoms with E-state index in [1.807, 2.05) is 66.6 Å². The number of halogens is 1. The Balaban J connectivity index is 1.81. The van der Waals surface area contributed by atoms with Gasteiger partial charge in [-0.2, -0.15) is 0 Å². The number of nitrogens with one attached hydrogen (secondary N) is 1. The minimum absolute atomic E-state index is 0.0156. The van der Waals surface area contributed by atoms with Crippen LogP contribution in [0.4, 0.5) is 5.69 Å². The molecule has 182 valence electrons. The van der Waals surface area contributed by atoms with E-state index in [9.17, 15) is 15.3 Å². The summed E-state index contributed by atoms with van der Waals surface area (Å²) >= 11 is 7.76. The van der Waals surface area contributed by atoms with Crippen molar-refractivity contribution in [2.45, 2.75) is 37.0 Å². The van der Waals surface area contributed by atoms with Crippen LogP contribution >= 0.6 is 23.4 Å². The number of hydrogen-bond acceptors (Lipinski definition) is 4. The lowest BCUT2D eigenvalue weighted by molar-refractivity contribution is -0.116. The standard InChI is InChI=1S/C30H27ClN2O2S/c1-18-5-3-6-22(17-18)33-24-7-4-8-25(34)27(24)26(19-11-15-23(36-2)16-12-19)28(30(33)32)29(35)20-9-13-21(31)14-10-20/h3,5-6,9-17,26,32,35H,4,7-8H2,1-2H3/b29-28+,32-30?. The number of aliphatic hydroxyl groups excluding tert-OH is 1. The van der Waals surface area contributed by atoms with Crippen molar-refractivity contribution in [3.05, 3.63) is 111 Å². The van der Waals surface area contributed by atoms with Gasteiger partial charge < -0.3 is 5.11 Å². The lowest BCUT2D eigenvalue weighted by Gasteiger charge is -2.42. The average Bonchev–Trinajstić information content (AvgIpc) is 2.88. The van der Waals surface area contributed by atoms with E-state index in [2.05, 4.69) is 0 Å². The summed E-state index contributed by atoms with van der Waals surface area (Å²) in [6.07, 6.45) is 3.93. The topological polar surface area (TPSA) is 64.4 Å². The summed E-state index contributed by atoms with van der Waals surface area (Å²) in [6.45, 7) is 2.01. The number of amidine groups is 1. The Labute approximate surface area is 220 Å². The fourth-order valence-corrected chi connectivity index (χ4v) is 5.67. The molecule has 1 aliphatic carbocycles. The van der Waals surface area contributed by atoms with Gasteiger partial charge in [-0.3, -0.25) is 15.1 Å². The lowest BCUT2D eigenvalue weighted by atomic mass is 9.73. The minimum atomic E-state index is -0.534. The molecule has 0 radical (unpaired) electrons. The highest BCUT2D eigenvalue weighted by molar-refractivity contribution is 7.98.